The first-order chi connectivity index (χ1) is 9.94. The maximum absolute atomic E-state index is 12.5. The zero-order chi connectivity index (χ0) is 15.5. The second-order valence-electron chi connectivity index (χ2n) is 4.56. The number of nitrogens with two attached hydrogens (primary N) is 1. The first-order valence-corrected chi connectivity index (χ1v) is 8.03. The van der Waals surface area contributed by atoms with Crippen LogP contribution < -0.4 is 15.2 Å². The number of hydrogen-bond donors (Lipinski definition) is 2. The summed E-state index contributed by atoms with van der Waals surface area (Å²) in [6.07, 6.45) is 0. The average Bonchev–Trinajstić information content (AvgIpc) is 2.38. The van der Waals surface area contributed by atoms with Crippen LogP contribution in [0.1, 0.15) is 12.5 Å². The fraction of sp³-hybridized carbons (Fsp3) is 0.200. The highest BCUT2D eigenvalue weighted by atomic mass is 32.2. The Hall–Kier alpha value is -2.21. The Kier molecular flexibility index (Phi) is 4.37. The molecule has 0 aliphatic rings. The third-order valence-corrected chi connectivity index (χ3v) is 4.51. The summed E-state index contributed by atoms with van der Waals surface area (Å²) in [6.45, 7) is 4.09. The Balaban J connectivity index is 2.36. The van der Waals surface area contributed by atoms with Gasteiger partial charge in [-0.3, -0.25) is 4.72 Å². The highest BCUT2D eigenvalue weighted by Crippen LogP contribution is 2.26. The van der Waals surface area contributed by atoms with Crippen molar-refractivity contribution in [1.29, 1.82) is 0 Å². The number of sulfonamides is 1. The number of nitrogen functional groups attached to an aromatic ring is 1. The molecule has 2 rings (SSSR count). The third kappa shape index (κ3) is 3.46. The van der Waals surface area contributed by atoms with E-state index < -0.39 is 10.0 Å². The summed E-state index contributed by atoms with van der Waals surface area (Å²) in [5.74, 6) is 0.607. The number of ether oxygens (including phenoxy) is 1. The Morgan fingerprint density at radius 3 is 2.57 bits per heavy atom. The van der Waals surface area contributed by atoms with Gasteiger partial charge in [-0.15, -0.1) is 0 Å². The molecule has 6 heteroatoms. The monoisotopic (exact) mass is 306 g/mol. The molecular formula is C15H18N2O3S. The van der Waals surface area contributed by atoms with E-state index >= 15 is 0 Å². The summed E-state index contributed by atoms with van der Waals surface area (Å²) in [6, 6.07) is 11.8. The van der Waals surface area contributed by atoms with Crippen LogP contribution in [0.3, 0.4) is 0 Å². The lowest BCUT2D eigenvalue weighted by Gasteiger charge is -2.13. The predicted molar refractivity (Wildman–Crippen MR) is 84.0 cm³/mol. The van der Waals surface area contributed by atoms with Gasteiger partial charge in [0.25, 0.3) is 10.0 Å². The third-order valence-electron chi connectivity index (χ3n) is 2.91. The first kappa shape index (κ1) is 15.2. The van der Waals surface area contributed by atoms with E-state index in [2.05, 4.69) is 4.72 Å². The van der Waals surface area contributed by atoms with E-state index in [-0.39, 0.29) is 10.6 Å². The van der Waals surface area contributed by atoms with E-state index in [1.807, 2.05) is 6.92 Å². The van der Waals surface area contributed by atoms with Crippen LogP contribution in [0, 0.1) is 6.92 Å². The number of nitrogens with one attached hydrogen (secondary N) is 1. The van der Waals surface area contributed by atoms with Gasteiger partial charge in [-0.1, -0.05) is 18.2 Å². The van der Waals surface area contributed by atoms with E-state index in [0.717, 1.165) is 0 Å². The van der Waals surface area contributed by atoms with Crippen molar-refractivity contribution in [2.75, 3.05) is 17.1 Å². The molecule has 5 nitrogen and oxygen atoms in total. The molecule has 0 aliphatic carbocycles. The van der Waals surface area contributed by atoms with Crippen molar-refractivity contribution >= 4 is 21.4 Å². The number of aryl methyl sites for hydroxylation is 1. The number of benzene rings is 2. The van der Waals surface area contributed by atoms with Crippen molar-refractivity contribution in [2.45, 2.75) is 18.7 Å². The SMILES string of the molecule is CCOc1cccc(NS(=O)(=O)c2c(C)cccc2N)c1. The van der Waals surface area contributed by atoms with E-state index in [9.17, 15) is 8.42 Å². The fourth-order valence-corrected chi connectivity index (χ4v) is 3.47. The molecule has 0 aliphatic heterocycles. The molecule has 21 heavy (non-hydrogen) atoms. The van der Waals surface area contributed by atoms with Crippen molar-refractivity contribution in [2.24, 2.45) is 0 Å². The predicted octanol–water partition coefficient (Wildman–Crippen LogP) is 2.78. The van der Waals surface area contributed by atoms with Crippen molar-refractivity contribution in [3.8, 4) is 5.75 Å². The summed E-state index contributed by atoms with van der Waals surface area (Å²) in [7, 11) is -3.74. The molecule has 0 aromatic heterocycles. The van der Waals surface area contributed by atoms with Crippen LogP contribution in [-0.2, 0) is 10.0 Å². The van der Waals surface area contributed by atoms with Crippen molar-refractivity contribution in [3.05, 3.63) is 48.0 Å². The molecule has 0 fully saturated rings. The van der Waals surface area contributed by atoms with Crippen molar-refractivity contribution in [3.63, 3.8) is 0 Å². The smallest absolute Gasteiger partial charge is 0.264 e. The van der Waals surface area contributed by atoms with Gasteiger partial charge in [-0.05, 0) is 37.6 Å². The molecule has 112 valence electrons. The van der Waals surface area contributed by atoms with Crippen molar-refractivity contribution < 1.29 is 13.2 Å². The van der Waals surface area contributed by atoms with Crippen LogP contribution in [0.25, 0.3) is 0 Å². The topological polar surface area (TPSA) is 81.4 Å². The highest BCUT2D eigenvalue weighted by molar-refractivity contribution is 7.93. The molecule has 0 bridgehead atoms. The molecule has 0 atom stereocenters. The minimum Gasteiger partial charge on any atom is -0.494 e. The summed E-state index contributed by atoms with van der Waals surface area (Å²) in [5, 5.41) is 0. The largest absolute Gasteiger partial charge is 0.494 e. The molecule has 0 saturated carbocycles. The molecule has 0 heterocycles. The van der Waals surface area contributed by atoms with E-state index in [1.54, 1.807) is 49.4 Å². The van der Waals surface area contributed by atoms with E-state index in [4.69, 9.17) is 10.5 Å². The first-order valence-electron chi connectivity index (χ1n) is 6.55. The van der Waals surface area contributed by atoms with Gasteiger partial charge in [-0.2, -0.15) is 0 Å². The number of rotatable bonds is 5. The molecule has 0 amide bonds. The lowest BCUT2D eigenvalue weighted by atomic mass is 10.2. The van der Waals surface area contributed by atoms with Gasteiger partial charge < -0.3 is 10.5 Å². The van der Waals surface area contributed by atoms with Gasteiger partial charge in [-0.25, -0.2) is 8.42 Å². The maximum Gasteiger partial charge on any atom is 0.264 e. The molecule has 0 saturated heterocycles. The fourth-order valence-electron chi connectivity index (χ4n) is 2.06. The molecule has 3 N–H and O–H groups in total. The molecule has 2 aromatic carbocycles. The van der Waals surface area contributed by atoms with Gasteiger partial charge >= 0.3 is 0 Å². The van der Waals surface area contributed by atoms with Gasteiger partial charge in [0.2, 0.25) is 0 Å². The van der Waals surface area contributed by atoms with Crippen LogP contribution >= 0.6 is 0 Å². The Labute approximate surface area is 124 Å². The zero-order valence-corrected chi connectivity index (χ0v) is 12.8. The summed E-state index contributed by atoms with van der Waals surface area (Å²) < 4.78 is 32.8. The van der Waals surface area contributed by atoms with Crippen molar-refractivity contribution in [1.82, 2.24) is 0 Å². The average molecular weight is 306 g/mol. The van der Waals surface area contributed by atoms with Gasteiger partial charge in [0.05, 0.1) is 18.0 Å². The second kappa shape index (κ2) is 6.05. The maximum atomic E-state index is 12.5. The normalized spacial score (nSPS) is 11.1. The quantitative estimate of drug-likeness (QED) is 0.832. The van der Waals surface area contributed by atoms with Crippen LogP contribution in [0.2, 0.25) is 0 Å². The lowest BCUT2D eigenvalue weighted by Crippen LogP contribution is -2.16. The zero-order valence-electron chi connectivity index (χ0n) is 12.0. The van der Waals surface area contributed by atoms with Gasteiger partial charge in [0, 0.05) is 6.07 Å². The molecule has 0 spiro atoms. The van der Waals surface area contributed by atoms with Crippen LogP contribution in [0.4, 0.5) is 11.4 Å². The van der Waals surface area contributed by atoms with E-state index in [1.165, 1.54) is 0 Å². The Morgan fingerprint density at radius 1 is 1.19 bits per heavy atom. The summed E-state index contributed by atoms with van der Waals surface area (Å²) >= 11 is 0. The Bertz CT molecular complexity index is 722. The lowest BCUT2D eigenvalue weighted by molar-refractivity contribution is 0.340. The standard InChI is InChI=1S/C15H18N2O3S/c1-3-20-13-8-5-7-12(10-13)17-21(18,19)15-11(2)6-4-9-14(15)16/h4-10,17H,3,16H2,1-2H3. The minimum absolute atomic E-state index is 0.104. The minimum atomic E-state index is -3.74. The number of anilines is 2. The summed E-state index contributed by atoms with van der Waals surface area (Å²) in [5.41, 5.74) is 7.05. The van der Waals surface area contributed by atoms with Crippen LogP contribution in [0.5, 0.6) is 5.75 Å². The molecular weight excluding hydrogens is 288 g/mol. The number of hydrogen-bond acceptors (Lipinski definition) is 4. The molecule has 0 radical (unpaired) electrons. The highest BCUT2D eigenvalue weighted by Gasteiger charge is 2.20. The Morgan fingerprint density at radius 2 is 1.90 bits per heavy atom. The van der Waals surface area contributed by atoms with E-state index in [0.29, 0.717) is 23.6 Å². The second-order valence-corrected chi connectivity index (χ2v) is 6.18. The van der Waals surface area contributed by atoms with Gasteiger partial charge in [0.1, 0.15) is 10.6 Å². The molecule has 2 aromatic rings. The van der Waals surface area contributed by atoms with Crippen LogP contribution in [-0.4, -0.2) is 15.0 Å². The van der Waals surface area contributed by atoms with Gasteiger partial charge in [0.15, 0.2) is 0 Å². The molecule has 0 unspecified atom stereocenters. The van der Waals surface area contributed by atoms with Crippen LogP contribution in [0.15, 0.2) is 47.4 Å². The summed E-state index contributed by atoms with van der Waals surface area (Å²) in [4.78, 5) is 0.104.